The van der Waals surface area contributed by atoms with Gasteiger partial charge in [-0.3, -0.25) is 4.98 Å². The average Bonchev–Trinajstić information content (AvgIpc) is 1.64. The van der Waals surface area contributed by atoms with Crippen LogP contribution in [0.25, 0.3) is 0 Å². The normalized spacial score (nSPS) is 20.1. The fraction of sp³-hybridized carbons (Fsp3) is 0.845. The Labute approximate surface area is 752 Å². The standard InChI is InChI=1S/2C14H21N.C13H20N2.C12H25N.2C11H23N.C10H21N.C9H19N.8C2H6/c1-10(2)12-5-6-14-13(9-12)7-8-15(14)11(3)4;1-10(2)13-9-15(11(3)4)14-8-6-5-7-12(13)14;1-9(2)12-8-15(10(3)4)13-5-6-14-7-11(12)13;1-10(2)12-7-5-6-8-13(9-12)11(3)4;1-9(2)7-11-5-6-12(8-11)10(3)4;1-9(2)11-6-5-7-12(8-11)10(3)4;1-8(2)10-5-6-11(7-10)9(3)4;1-7(2)9-5-10(6-9)8(3)4;8*1-2/h5-6,9-11H,7-8H2,1-4H3;5-8,10-11,13H,9H2,1-4H3;5-7,9-10,12H,8H2,1-4H3;10-12H,5-9H2,1-4H3;2*9-11H,5-8H2,1-4H3;8-10H,5-7H2,1-4H3;7-9H,5-6H2,1-4H3;8*1-2H3. The molecule has 11 rings (SSSR count). The van der Waals surface area contributed by atoms with Crippen LogP contribution in [0.5, 0.6) is 0 Å². The molecule has 0 bridgehead atoms. The van der Waals surface area contributed by atoms with Crippen molar-refractivity contribution in [3.05, 3.63) is 83.2 Å². The van der Waals surface area contributed by atoms with Crippen molar-refractivity contribution in [1.29, 1.82) is 0 Å². The van der Waals surface area contributed by atoms with Gasteiger partial charge in [-0.25, -0.2) is 0 Å². The Morgan fingerprint density at radius 2 is 0.672 bits per heavy atom. The molecule has 6 atom stereocenters. The summed E-state index contributed by atoms with van der Waals surface area (Å²) in [4.78, 5) is 24.8. The molecule has 0 aliphatic carbocycles. The maximum absolute atomic E-state index is 4.26. The van der Waals surface area contributed by atoms with Crippen molar-refractivity contribution in [2.75, 3.05) is 99.8 Å². The summed E-state index contributed by atoms with van der Waals surface area (Å²) >= 11 is 0. The van der Waals surface area contributed by atoms with E-state index in [0.29, 0.717) is 41.8 Å². The third kappa shape index (κ3) is 47.3. The molecule has 6 unspecified atom stereocenters. The number of nitrogens with zero attached hydrogens (tertiary/aromatic N) is 9. The van der Waals surface area contributed by atoms with Crippen LogP contribution in [0.15, 0.2) is 60.9 Å². The van der Waals surface area contributed by atoms with Gasteiger partial charge in [-0.15, -0.1) is 0 Å². The van der Waals surface area contributed by atoms with E-state index < -0.39 is 0 Å². The van der Waals surface area contributed by atoms with E-state index in [1.54, 1.807) is 5.56 Å². The van der Waals surface area contributed by atoms with E-state index in [1.165, 1.54) is 170 Å². The van der Waals surface area contributed by atoms with E-state index in [2.05, 4.69) is 314 Å². The van der Waals surface area contributed by atoms with Gasteiger partial charge in [0, 0.05) is 149 Å². The molecule has 119 heavy (non-hydrogen) atoms. The Bertz CT molecular complexity index is 2520. The first-order valence-corrected chi connectivity index (χ1v) is 51.5. The van der Waals surface area contributed by atoms with E-state index in [4.69, 9.17) is 0 Å². The molecule has 9 nitrogen and oxygen atoms in total. The van der Waals surface area contributed by atoms with E-state index >= 15 is 0 Å². The van der Waals surface area contributed by atoms with Crippen LogP contribution in [-0.2, 0) is 6.42 Å². The smallest absolute Gasteiger partial charge is 0.0435 e. The van der Waals surface area contributed by atoms with Crippen molar-refractivity contribution in [1.82, 2.24) is 29.5 Å². The number of likely N-dealkylation sites (tertiary alicyclic amines) is 5. The summed E-state index contributed by atoms with van der Waals surface area (Å²) in [5, 5.41) is 0. The summed E-state index contributed by atoms with van der Waals surface area (Å²) in [5.74, 6) is 12.6. The first-order chi connectivity index (χ1) is 56.3. The highest BCUT2D eigenvalue weighted by atomic mass is 15.2. The molecule has 8 aliphatic rings. The second-order valence-corrected chi connectivity index (χ2v) is 38.4. The number of aromatic nitrogens is 1. The molecule has 3 aromatic rings. The van der Waals surface area contributed by atoms with Gasteiger partial charge < -0.3 is 39.2 Å². The van der Waals surface area contributed by atoms with Crippen molar-refractivity contribution < 1.29 is 0 Å². The molecule has 2 aromatic carbocycles. The molecule has 0 radical (unpaired) electrons. The highest BCUT2D eigenvalue weighted by Gasteiger charge is 2.35. The van der Waals surface area contributed by atoms with Crippen LogP contribution in [-0.4, -0.2) is 163 Å². The Morgan fingerprint density at radius 1 is 0.303 bits per heavy atom. The number of para-hydroxylation sites is 1. The predicted octanol–water partition coefficient (Wildman–Crippen LogP) is 31.5. The van der Waals surface area contributed by atoms with E-state index in [1.807, 2.05) is 123 Å². The fourth-order valence-corrected chi connectivity index (χ4v) is 17.0. The SMILES string of the molecule is CC.CC.CC.CC.CC.CC.CC.CC.CC(C)C1CCCCN(C(C)C)C1.CC(C)C1CCCN(C(C)C)C1.CC(C)C1CCN(C(C)C)C1.CC(C)C1CN(C(C)C)C1.CC(C)C1CN(C(C)C)c2ccccc21.CC(C)C1CN(C(C)C)c2ccncc21.CC(C)CC1CCN(C(C)C)C1.CC(C)c1ccc2c(c1)CCN2C(C)C. The van der Waals surface area contributed by atoms with E-state index in [9.17, 15) is 0 Å². The molecule has 0 N–H and O–H groups in total. The van der Waals surface area contributed by atoms with Crippen LogP contribution in [0.1, 0.15) is 424 Å². The minimum Gasteiger partial charge on any atom is -0.369 e. The lowest BCUT2D eigenvalue weighted by atomic mass is 9.87. The van der Waals surface area contributed by atoms with Crippen LogP contribution in [0.2, 0.25) is 0 Å². The van der Waals surface area contributed by atoms with Gasteiger partial charge in [0.1, 0.15) is 0 Å². The summed E-state index contributed by atoms with van der Waals surface area (Å²) in [6, 6.07) is 23.5. The zero-order chi connectivity index (χ0) is 93.3. The molecule has 1 aromatic heterocycles. The molecular weight excluding hydrogens is 1450 g/mol. The minimum atomic E-state index is 0.579. The predicted molar refractivity (Wildman–Crippen MR) is 550 cm³/mol. The second-order valence-electron chi connectivity index (χ2n) is 38.4. The number of hydrogen-bond donors (Lipinski definition) is 0. The fourth-order valence-electron chi connectivity index (χ4n) is 17.0. The Morgan fingerprint density at radius 3 is 1.05 bits per heavy atom. The summed E-state index contributed by atoms with van der Waals surface area (Å²) in [6.45, 7) is 123. The molecule has 9 heteroatoms. The lowest BCUT2D eigenvalue weighted by Crippen LogP contribution is -2.51. The highest BCUT2D eigenvalue weighted by Crippen LogP contribution is 2.43. The molecule has 0 saturated carbocycles. The third-order valence-corrected chi connectivity index (χ3v) is 25.1. The highest BCUT2D eigenvalue weighted by molar-refractivity contribution is 5.62. The summed E-state index contributed by atoms with van der Waals surface area (Å²) in [7, 11) is 0. The molecule has 0 amide bonds. The van der Waals surface area contributed by atoms with Crippen molar-refractivity contribution in [2.45, 2.75) is 456 Å². The van der Waals surface area contributed by atoms with Crippen molar-refractivity contribution in [2.24, 2.45) is 71.0 Å². The number of benzene rings is 2. The summed E-state index contributed by atoms with van der Waals surface area (Å²) in [5.41, 5.74) is 10.3. The van der Waals surface area contributed by atoms with Gasteiger partial charge in [0.2, 0.25) is 0 Å². The van der Waals surface area contributed by atoms with Crippen molar-refractivity contribution >= 4 is 17.1 Å². The zero-order valence-corrected chi connectivity index (χ0v) is 90.1. The second kappa shape index (κ2) is 71.9. The first kappa shape index (κ1) is 124. The van der Waals surface area contributed by atoms with Gasteiger partial charge in [0.15, 0.2) is 0 Å². The molecule has 5 saturated heterocycles. The van der Waals surface area contributed by atoms with Gasteiger partial charge in [0.05, 0.1) is 0 Å². The Hall–Kier alpha value is -3.21. The average molecular weight is 1670 g/mol. The van der Waals surface area contributed by atoms with Crippen LogP contribution < -0.4 is 14.7 Å². The molecule has 0 spiro atoms. The van der Waals surface area contributed by atoms with Crippen LogP contribution in [0.3, 0.4) is 0 Å². The number of anilines is 3. The number of hydrogen-bond acceptors (Lipinski definition) is 9. The lowest BCUT2D eigenvalue weighted by molar-refractivity contribution is 0.0408. The molecular formula is C110H221N9. The van der Waals surface area contributed by atoms with Gasteiger partial charge in [-0.1, -0.05) is 258 Å². The maximum Gasteiger partial charge on any atom is 0.0435 e. The zero-order valence-electron chi connectivity index (χ0n) is 90.1. The Kier molecular flexibility index (Phi) is 75.1. The molecule has 706 valence electrons. The van der Waals surface area contributed by atoms with Gasteiger partial charge in [0.25, 0.3) is 0 Å². The minimum absolute atomic E-state index is 0.579. The van der Waals surface area contributed by atoms with Crippen molar-refractivity contribution in [3.8, 4) is 0 Å². The van der Waals surface area contributed by atoms with Gasteiger partial charge in [-0.05, 0) is 306 Å². The van der Waals surface area contributed by atoms with Crippen LogP contribution in [0.4, 0.5) is 17.1 Å². The maximum atomic E-state index is 4.26. The molecule has 5 fully saturated rings. The number of piperidine rings is 1. The lowest BCUT2D eigenvalue weighted by Gasteiger charge is -2.44. The van der Waals surface area contributed by atoms with Crippen LogP contribution >= 0.6 is 0 Å². The number of fused-ring (bicyclic) bond motifs is 3. The monoisotopic (exact) mass is 1670 g/mol. The van der Waals surface area contributed by atoms with E-state index in [0.717, 1.165) is 102 Å². The van der Waals surface area contributed by atoms with Crippen molar-refractivity contribution in [3.63, 3.8) is 0 Å². The topological polar surface area (TPSA) is 38.8 Å². The first-order valence-electron chi connectivity index (χ1n) is 51.5. The number of rotatable bonds is 17. The summed E-state index contributed by atoms with van der Waals surface area (Å²) < 4.78 is 0. The number of pyridine rings is 1. The quantitative estimate of drug-likeness (QED) is 0.131. The van der Waals surface area contributed by atoms with Gasteiger partial charge in [-0.2, -0.15) is 0 Å². The summed E-state index contributed by atoms with van der Waals surface area (Å²) in [6.07, 6.45) is 16.6. The largest absolute Gasteiger partial charge is 0.369 e. The third-order valence-electron chi connectivity index (χ3n) is 25.1. The van der Waals surface area contributed by atoms with Gasteiger partial charge >= 0.3 is 0 Å². The van der Waals surface area contributed by atoms with Crippen LogP contribution in [0, 0.1) is 71.0 Å². The molecule has 8 aliphatic heterocycles. The van der Waals surface area contributed by atoms with E-state index in [-0.39, 0.29) is 0 Å². The molecule has 9 heterocycles. The Balaban J connectivity index is -0.000000407.